The number of imidazole rings is 1. The first-order valence-electron chi connectivity index (χ1n) is 6.68. The predicted molar refractivity (Wildman–Crippen MR) is 80.6 cm³/mol. The minimum Gasteiger partial charge on any atom is -0.406 e. The number of nitrogens with zero attached hydrogens (tertiary/aromatic N) is 1. The quantitative estimate of drug-likeness (QED) is 0.710. The van der Waals surface area contributed by atoms with E-state index in [4.69, 9.17) is 5.73 Å². The smallest absolute Gasteiger partial charge is 0.406 e. The van der Waals surface area contributed by atoms with Crippen LogP contribution in [0.1, 0.15) is 0 Å². The van der Waals surface area contributed by atoms with Gasteiger partial charge in [0.15, 0.2) is 0 Å². The lowest BCUT2D eigenvalue weighted by Gasteiger charge is -2.08. The zero-order valence-corrected chi connectivity index (χ0v) is 11.8. The molecule has 0 spiro atoms. The number of halogens is 3. The second-order valence-electron chi connectivity index (χ2n) is 4.84. The van der Waals surface area contributed by atoms with Crippen LogP contribution in [-0.2, 0) is 0 Å². The Kier molecular flexibility index (Phi) is 3.69. The van der Waals surface area contributed by atoms with E-state index in [1.54, 1.807) is 18.3 Å². The van der Waals surface area contributed by atoms with Gasteiger partial charge in [-0.05, 0) is 42.0 Å². The molecule has 0 atom stereocenters. The van der Waals surface area contributed by atoms with Crippen molar-refractivity contribution in [1.29, 1.82) is 0 Å². The Morgan fingerprint density at radius 3 is 2.13 bits per heavy atom. The van der Waals surface area contributed by atoms with E-state index in [2.05, 4.69) is 14.7 Å². The van der Waals surface area contributed by atoms with Gasteiger partial charge >= 0.3 is 6.36 Å². The van der Waals surface area contributed by atoms with Crippen LogP contribution < -0.4 is 10.5 Å². The molecule has 0 aliphatic rings. The van der Waals surface area contributed by atoms with Crippen molar-refractivity contribution in [1.82, 2.24) is 9.97 Å². The molecule has 3 rings (SSSR count). The van der Waals surface area contributed by atoms with Crippen molar-refractivity contribution in [2.75, 3.05) is 5.73 Å². The first-order chi connectivity index (χ1) is 10.9. The van der Waals surface area contributed by atoms with Gasteiger partial charge in [-0.25, -0.2) is 4.98 Å². The molecule has 0 aliphatic heterocycles. The van der Waals surface area contributed by atoms with Gasteiger partial charge in [-0.2, -0.15) is 0 Å². The highest BCUT2D eigenvalue weighted by atomic mass is 19.4. The largest absolute Gasteiger partial charge is 0.573 e. The summed E-state index contributed by atoms with van der Waals surface area (Å²) < 4.78 is 40.2. The van der Waals surface area contributed by atoms with Gasteiger partial charge in [0.05, 0.1) is 11.9 Å². The Morgan fingerprint density at radius 2 is 1.52 bits per heavy atom. The molecule has 2 aromatic carbocycles. The first kappa shape index (κ1) is 15.0. The van der Waals surface area contributed by atoms with Crippen molar-refractivity contribution < 1.29 is 17.9 Å². The van der Waals surface area contributed by atoms with E-state index in [-0.39, 0.29) is 5.75 Å². The van der Waals surface area contributed by atoms with E-state index >= 15 is 0 Å². The number of hydrogen-bond acceptors (Lipinski definition) is 3. The summed E-state index contributed by atoms with van der Waals surface area (Å²) in [5.41, 5.74) is 8.66. The molecule has 0 aliphatic carbocycles. The van der Waals surface area contributed by atoms with Crippen LogP contribution in [0.4, 0.5) is 18.9 Å². The summed E-state index contributed by atoms with van der Waals surface area (Å²) in [6.07, 6.45) is -3.05. The lowest BCUT2D eigenvalue weighted by Crippen LogP contribution is -2.16. The third-order valence-corrected chi connectivity index (χ3v) is 3.16. The number of aromatic nitrogens is 2. The van der Waals surface area contributed by atoms with Crippen LogP contribution in [0.5, 0.6) is 5.75 Å². The SMILES string of the molecule is Nc1ccc(-c2cnc(-c3ccc(OC(F)(F)F)cc3)[nH]2)cc1. The molecule has 0 unspecified atom stereocenters. The summed E-state index contributed by atoms with van der Waals surface area (Å²) in [5, 5.41) is 0. The van der Waals surface area contributed by atoms with Gasteiger partial charge in [0.25, 0.3) is 0 Å². The van der Waals surface area contributed by atoms with Crippen LogP contribution in [-0.4, -0.2) is 16.3 Å². The summed E-state index contributed by atoms with van der Waals surface area (Å²) in [4.78, 5) is 7.36. The molecule has 4 nitrogen and oxygen atoms in total. The van der Waals surface area contributed by atoms with Gasteiger partial charge in [-0.1, -0.05) is 12.1 Å². The van der Waals surface area contributed by atoms with E-state index in [0.29, 0.717) is 17.1 Å². The standard InChI is InChI=1S/C16H12F3N3O/c17-16(18,19)23-13-7-3-11(4-8-13)15-21-9-14(22-15)10-1-5-12(20)6-2-10/h1-9H,20H2,(H,21,22). The van der Waals surface area contributed by atoms with E-state index < -0.39 is 6.36 Å². The molecule has 1 heterocycles. The molecule has 3 aromatic rings. The number of benzene rings is 2. The number of nitrogen functional groups attached to an aromatic ring is 1. The first-order valence-corrected chi connectivity index (χ1v) is 6.68. The molecule has 23 heavy (non-hydrogen) atoms. The molecule has 0 radical (unpaired) electrons. The van der Waals surface area contributed by atoms with Crippen molar-refractivity contribution in [3.05, 3.63) is 54.7 Å². The monoisotopic (exact) mass is 319 g/mol. The summed E-state index contributed by atoms with van der Waals surface area (Å²) in [5.74, 6) is 0.280. The van der Waals surface area contributed by atoms with Crippen LogP contribution in [0, 0.1) is 0 Å². The molecule has 7 heteroatoms. The summed E-state index contributed by atoms with van der Waals surface area (Å²) in [6, 6.07) is 12.8. The maximum absolute atomic E-state index is 12.1. The van der Waals surface area contributed by atoms with Crippen molar-refractivity contribution in [3.63, 3.8) is 0 Å². The normalized spacial score (nSPS) is 11.4. The summed E-state index contributed by atoms with van der Waals surface area (Å²) in [7, 11) is 0. The second kappa shape index (κ2) is 5.68. The third-order valence-electron chi connectivity index (χ3n) is 3.16. The van der Waals surface area contributed by atoms with Crippen LogP contribution >= 0.6 is 0 Å². The van der Waals surface area contributed by atoms with Crippen LogP contribution in [0.3, 0.4) is 0 Å². The lowest BCUT2D eigenvalue weighted by atomic mass is 10.1. The van der Waals surface area contributed by atoms with E-state index in [1.165, 1.54) is 24.3 Å². The Morgan fingerprint density at radius 1 is 0.913 bits per heavy atom. The Hall–Kier alpha value is -2.96. The highest BCUT2D eigenvalue weighted by Gasteiger charge is 2.30. The number of ether oxygens (including phenoxy) is 1. The number of aromatic amines is 1. The van der Waals surface area contributed by atoms with E-state index in [1.807, 2.05) is 12.1 Å². The fourth-order valence-corrected chi connectivity index (χ4v) is 2.09. The number of nitrogens with two attached hydrogens (primary N) is 1. The lowest BCUT2D eigenvalue weighted by molar-refractivity contribution is -0.274. The number of hydrogen-bond donors (Lipinski definition) is 2. The second-order valence-corrected chi connectivity index (χ2v) is 4.84. The van der Waals surface area contributed by atoms with Gasteiger partial charge in [0, 0.05) is 11.3 Å². The molecular weight excluding hydrogens is 307 g/mol. The molecule has 0 amide bonds. The molecule has 0 fully saturated rings. The minimum atomic E-state index is -4.70. The van der Waals surface area contributed by atoms with Crippen molar-refractivity contribution in [3.8, 4) is 28.4 Å². The van der Waals surface area contributed by atoms with Crippen LogP contribution in [0.25, 0.3) is 22.6 Å². The number of nitrogens with one attached hydrogen (secondary N) is 1. The molecule has 0 saturated carbocycles. The van der Waals surface area contributed by atoms with Crippen LogP contribution in [0.15, 0.2) is 54.7 Å². The van der Waals surface area contributed by atoms with Crippen molar-refractivity contribution in [2.45, 2.75) is 6.36 Å². The number of alkyl halides is 3. The summed E-state index contributed by atoms with van der Waals surface area (Å²) in [6.45, 7) is 0. The Bertz CT molecular complexity index is 793. The van der Waals surface area contributed by atoms with Gasteiger partial charge in [-0.15, -0.1) is 13.2 Å². The molecule has 3 N–H and O–H groups in total. The van der Waals surface area contributed by atoms with Gasteiger partial charge in [0.2, 0.25) is 0 Å². The Balaban J connectivity index is 1.81. The zero-order valence-electron chi connectivity index (χ0n) is 11.8. The molecule has 118 valence electrons. The fraction of sp³-hybridized carbons (Fsp3) is 0.0625. The molecular formula is C16H12F3N3O. The van der Waals surface area contributed by atoms with Gasteiger partial charge < -0.3 is 15.5 Å². The highest BCUT2D eigenvalue weighted by Crippen LogP contribution is 2.27. The minimum absolute atomic E-state index is 0.272. The molecule has 0 saturated heterocycles. The third kappa shape index (κ3) is 3.63. The highest BCUT2D eigenvalue weighted by molar-refractivity contribution is 5.66. The maximum atomic E-state index is 12.1. The van der Waals surface area contributed by atoms with E-state index in [0.717, 1.165) is 11.3 Å². The van der Waals surface area contributed by atoms with E-state index in [9.17, 15) is 13.2 Å². The van der Waals surface area contributed by atoms with Gasteiger partial charge in [0.1, 0.15) is 11.6 Å². The maximum Gasteiger partial charge on any atom is 0.573 e. The number of rotatable bonds is 3. The number of anilines is 1. The molecule has 1 aromatic heterocycles. The fourth-order valence-electron chi connectivity index (χ4n) is 2.09. The average molecular weight is 319 g/mol. The van der Waals surface area contributed by atoms with Gasteiger partial charge in [-0.3, -0.25) is 0 Å². The van der Waals surface area contributed by atoms with Crippen LogP contribution in [0.2, 0.25) is 0 Å². The average Bonchev–Trinajstić information content (AvgIpc) is 2.97. The number of H-pyrrole nitrogens is 1. The molecule has 0 bridgehead atoms. The Labute approximate surface area is 129 Å². The predicted octanol–water partition coefficient (Wildman–Crippen LogP) is 4.22. The zero-order chi connectivity index (χ0) is 16.4. The topological polar surface area (TPSA) is 63.9 Å². The summed E-state index contributed by atoms with van der Waals surface area (Å²) >= 11 is 0. The van der Waals surface area contributed by atoms with Crippen molar-refractivity contribution in [2.24, 2.45) is 0 Å². The van der Waals surface area contributed by atoms with Crippen molar-refractivity contribution >= 4 is 5.69 Å².